The Morgan fingerprint density at radius 1 is 0.833 bits per heavy atom. The summed E-state index contributed by atoms with van der Waals surface area (Å²) >= 11 is 0. The molecule has 0 atom stereocenters. The van der Waals surface area contributed by atoms with Gasteiger partial charge in [0.2, 0.25) is 0 Å². The average molecular weight is 332 g/mol. The van der Waals surface area contributed by atoms with Crippen molar-refractivity contribution in [3.63, 3.8) is 0 Å². The van der Waals surface area contributed by atoms with E-state index in [0.29, 0.717) is 0 Å². The van der Waals surface area contributed by atoms with Gasteiger partial charge in [-0.05, 0) is 29.5 Å². The van der Waals surface area contributed by atoms with Crippen molar-refractivity contribution in [2.75, 3.05) is 6.54 Å². The molecule has 0 saturated heterocycles. The number of benzene rings is 1. The molecule has 0 aromatic heterocycles. The zero-order valence-corrected chi connectivity index (χ0v) is 16.3. The summed E-state index contributed by atoms with van der Waals surface area (Å²) in [6, 6.07) is 8.00. The van der Waals surface area contributed by atoms with E-state index < -0.39 is 0 Å². The van der Waals surface area contributed by atoms with Crippen LogP contribution < -0.4 is 5.32 Å². The summed E-state index contributed by atoms with van der Waals surface area (Å²) in [5, 5.41) is 3.04. The Morgan fingerprint density at radius 3 is 1.83 bits per heavy atom. The lowest BCUT2D eigenvalue weighted by molar-refractivity contribution is 0.0953. The van der Waals surface area contributed by atoms with Gasteiger partial charge in [-0.25, -0.2) is 0 Å². The first-order valence-corrected chi connectivity index (χ1v) is 9.84. The fraction of sp³-hybridized carbons (Fsp3) is 0.682. The summed E-state index contributed by atoms with van der Waals surface area (Å²) in [7, 11) is 0. The quantitative estimate of drug-likeness (QED) is 0.477. The normalized spacial score (nSPS) is 11.5. The second-order valence-electron chi connectivity index (χ2n) is 7.91. The highest BCUT2D eigenvalue weighted by atomic mass is 16.1. The van der Waals surface area contributed by atoms with Crippen molar-refractivity contribution < 1.29 is 4.79 Å². The molecule has 2 nitrogen and oxygen atoms in total. The Labute approximate surface area is 149 Å². The van der Waals surface area contributed by atoms with Gasteiger partial charge in [-0.2, -0.15) is 0 Å². The Hall–Kier alpha value is -1.31. The van der Waals surface area contributed by atoms with Gasteiger partial charge in [0, 0.05) is 12.1 Å². The molecule has 0 unspecified atom stereocenters. The highest BCUT2D eigenvalue weighted by molar-refractivity contribution is 5.94. The maximum absolute atomic E-state index is 12.1. The molecule has 0 aliphatic heterocycles. The van der Waals surface area contributed by atoms with Crippen LogP contribution in [0.4, 0.5) is 0 Å². The minimum Gasteiger partial charge on any atom is -0.352 e. The molecule has 1 aromatic carbocycles. The first-order valence-electron chi connectivity index (χ1n) is 9.84. The molecule has 0 saturated carbocycles. The molecular formula is C22H37NO. The van der Waals surface area contributed by atoms with Crippen LogP contribution in [0, 0.1) is 0 Å². The Balaban J connectivity index is 2.12. The molecule has 1 rings (SSSR count). The van der Waals surface area contributed by atoms with Crippen molar-refractivity contribution in [2.45, 2.75) is 90.9 Å². The molecule has 2 heteroatoms. The van der Waals surface area contributed by atoms with Crippen LogP contribution in [0.1, 0.15) is 101 Å². The fourth-order valence-electron chi connectivity index (χ4n) is 2.86. The number of carbonyl (C=O) groups excluding carboxylic acids is 1. The van der Waals surface area contributed by atoms with E-state index >= 15 is 0 Å². The van der Waals surface area contributed by atoms with Crippen LogP contribution in [-0.4, -0.2) is 12.5 Å². The Kier molecular flexibility index (Phi) is 9.75. The van der Waals surface area contributed by atoms with Crippen LogP contribution in [0.15, 0.2) is 24.3 Å². The van der Waals surface area contributed by atoms with Gasteiger partial charge >= 0.3 is 0 Å². The number of hydrogen-bond acceptors (Lipinski definition) is 1. The van der Waals surface area contributed by atoms with E-state index in [1.807, 2.05) is 12.1 Å². The monoisotopic (exact) mass is 331 g/mol. The van der Waals surface area contributed by atoms with Gasteiger partial charge in [0.15, 0.2) is 0 Å². The van der Waals surface area contributed by atoms with Crippen molar-refractivity contribution in [1.29, 1.82) is 0 Å². The van der Waals surface area contributed by atoms with E-state index in [-0.39, 0.29) is 11.3 Å². The molecule has 1 N–H and O–H groups in total. The van der Waals surface area contributed by atoms with Crippen molar-refractivity contribution in [1.82, 2.24) is 5.32 Å². The van der Waals surface area contributed by atoms with Gasteiger partial charge in [-0.3, -0.25) is 4.79 Å². The number of amides is 1. The minimum absolute atomic E-state index is 0.0509. The largest absolute Gasteiger partial charge is 0.352 e. The molecule has 0 fully saturated rings. The predicted molar refractivity (Wildman–Crippen MR) is 105 cm³/mol. The summed E-state index contributed by atoms with van der Waals surface area (Å²) in [4.78, 5) is 12.1. The highest BCUT2D eigenvalue weighted by Gasteiger charge is 2.14. The first kappa shape index (κ1) is 20.7. The lowest BCUT2D eigenvalue weighted by Crippen LogP contribution is -2.24. The first-order chi connectivity index (χ1) is 11.4. The van der Waals surface area contributed by atoms with E-state index in [9.17, 15) is 4.79 Å². The lowest BCUT2D eigenvalue weighted by atomic mass is 9.87. The molecule has 1 aromatic rings. The third-order valence-electron chi connectivity index (χ3n) is 4.58. The number of unbranched alkanes of at least 4 members (excludes halogenated alkanes) is 8. The summed E-state index contributed by atoms with van der Waals surface area (Å²) in [6.07, 6.45) is 11.8. The fourth-order valence-corrected chi connectivity index (χ4v) is 2.86. The third kappa shape index (κ3) is 8.52. The molecule has 1 amide bonds. The molecule has 0 radical (unpaired) electrons. The second-order valence-corrected chi connectivity index (χ2v) is 7.91. The standard InChI is InChI=1S/C22H37NO/c1-5-6-7-8-9-10-11-12-13-18-23-21(24)19-14-16-20(17-15-19)22(2,3)4/h14-17H,5-13,18H2,1-4H3,(H,23,24). The van der Waals surface area contributed by atoms with E-state index in [1.54, 1.807) is 0 Å². The van der Waals surface area contributed by atoms with Gasteiger partial charge in [0.1, 0.15) is 0 Å². The van der Waals surface area contributed by atoms with Crippen LogP contribution in [-0.2, 0) is 5.41 Å². The minimum atomic E-state index is 0.0509. The van der Waals surface area contributed by atoms with Gasteiger partial charge < -0.3 is 5.32 Å². The molecule has 0 spiro atoms. The summed E-state index contributed by atoms with van der Waals surface area (Å²) in [6.45, 7) is 9.60. The zero-order chi connectivity index (χ0) is 17.8. The summed E-state index contributed by atoms with van der Waals surface area (Å²) < 4.78 is 0. The van der Waals surface area contributed by atoms with Crippen molar-refractivity contribution in [2.24, 2.45) is 0 Å². The average Bonchev–Trinajstić information content (AvgIpc) is 2.55. The Morgan fingerprint density at radius 2 is 1.33 bits per heavy atom. The lowest BCUT2D eigenvalue weighted by Gasteiger charge is -2.19. The maximum atomic E-state index is 12.1. The molecule has 0 bridgehead atoms. The van der Waals surface area contributed by atoms with Gasteiger partial charge in [0.05, 0.1) is 0 Å². The second kappa shape index (κ2) is 11.3. The molecule has 0 heterocycles. The third-order valence-corrected chi connectivity index (χ3v) is 4.58. The van der Waals surface area contributed by atoms with Crippen LogP contribution in [0.5, 0.6) is 0 Å². The van der Waals surface area contributed by atoms with E-state index in [4.69, 9.17) is 0 Å². The van der Waals surface area contributed by atoms with Crippen molar-refractivity contribution in [3.05, 3.63) is 35.4 Å². The molecule has 136 valence electrons. The summed E-state index contributed by atoms with van der Waals surface area (Å²) in [5.74, 6) is 0.0509. The predicted octanol–water partition coefficient (Wildman–Crippen LogP) is 6.24. The number of hydrogen-bond donors (Lipinski definition) is 1. The molecule has 24 heavy (non-hydrogen) atoms. The van der Waals surface area contributed by atoms with E-state index in [1.165, 1.54) is 56.9 Å². The molecular weight excluding hydrogens is 294 g/mol. The van der Waals surface area contributed by atoms with Gasteiger partial charge in [-0.15, -0.1) is 0 Å². The van der Waals surface area contributed by atoms with E-state index in [0.717, 1.165) is 18.5 Å². The zero-order valence-electron chi connectivity index (χ0n) is 16.3. The smallest absolute Gasteiger partial charge is 0.251 e. The van der Waals surface area contributed by atoms with Crippen LogP contribution in [0.2, 0.25) is 0 Å². The number of carbonyl (C=O) groups is 1. The van der Waals surface area contributed by atoms with Crippen LogP contribution in [0.3, 0.4) is 0 Å². The molecule has 0 aliphatic rings. The van der Waals surface area contributed by atoms with Crippen molar-refractivity contribution in [3.8, 4) is 0 Å². The van der Waals surface area contributed by atoms with Crippen LogP contribution in [0.25, 0.3) is 0 Å². The van der Waals surface area contributed by atoms with Crippen LogP contribution >= 0.6 is 0 Å². The van der Waals surface area contributed by atoms with Gasteiger partial charge in [-0.1, -0.05) is 91.2 Å². The molecule has 0 aliphatic carbocycles. The number of nitrogens with one attached hydrogen (secondary N) is 1. The number of rotatable bonds is 11. The van der Waals surface area contributed by atoms with E-state index in [2.05, 4.69) is 45.1 Å². The topological polar surface area (TPSA) is 29.1 Å². The Bertz CT molecular complexity index is 456. The summed E-state index contributed by atoms with van der Waals surface area (Å²) in [5.41, 5.74) is 2.16. The SMILES string of the molecule is CCCCCCCCCCCNC(=O)c1ccc(C(C)(C)C)cc1. The van der Waals surface area contributed by atoms with Crippen molar-refractivity contribution >= 4 is 5.91 Å². The maximum Gasteiger partial charge on any atom is 0.251 e. The highest BCUT2D eigenvalue weighted by Crippen LogP contribution is 2.22. The van der Waals surface area contributed by atoms with Gasteiger partial charge in [0.25, 0.3) is 5.91 Å².